The zero-order chi connectivity index (χ0) is 21.4. The molecule has 1 heterocycles. The van der Waals surface area contributed by atoms with Crippen LogP contribution in [0.4, 0.5) is 0 Å². The van der Waals surface area contributed by atoms with Crippen LogP contribution in [-0.2, 0) is 17.6 Å². The van der Waals surface area contributed by atoms with Crippen LogP contribution < -0.4 is 0 Å². The van der Waals surface area contributed by atoms with Crippen molar-refractivity contribution in [2.45, 2.75) is 77.2 Å². The SMILES string of the molecule is C[C@]12CCc3nc(Cc4ccccc4)sc3[C@@H]1[C@@H](O)C[C@@H]1[C@@H]2CC[C@]2(C)C(=O)CC[C@@H]12. The van der Waals surface area contributed by atoms with Gasteiger partial charge in [0.2, 0.25) is 0 Å². The Kier molecular flexibility index (Phi) is 4.53. The lowest BCUT2D eigenvalue weighted by atomic mass is 9.45. The van der Waals surface area contributed by atoms with Crippen LogP contribution in [0.1, 0.15) is 79.4 Å². The Morgan fingerprint density at radius 2 is 1.90 bits per heavy atom. The third kappa shape index (κ3) is 2.87. The van der Waals surface area contributed by atoms with Gasteiger partial charge >= 0.3 is 0 Å². The molecule has 0 unspecified atom stereocenters. The summed E-state index contributed by atoms with van der Waals surface area (Å²) in [4.78, 5) is 19.1. The van der Waals surface area contributed by atoms with Gasteiger partial charge in [-0.25, -0.2) is 4.98 Å². The molecule has 0 aliphatic heterocycles. The molecule has 0 saturated heterocycles. The molecule has 0 spiro atoms. The third-order valence-corrected chi connectivity index (χ3v) is 10.9. The first-order chi connectivity index (χ1) is 14.9. The minimum Gasteiger partial charge on any atom is -0.392 e. The smallest absolute Gasteiger partial charge is 0.139 e. The highest BCUT2D eigenvalue weighted by Crippen LogP contribution is 2.67. The van der Waals surface area contributed by atoms with Crippen molar-refractivity contribution in [3.63, 3.8) is 0 Å². The van der Waals surface area contributed by atoms with Crippen LogP contribution >= 0.6 is 11.3 Å². The first kappa shape index (κ1) is 20.1. The van der Waals surface area contributed by atoms with Gasteiger partial charge in [-0.3, -0.25) is 4.79 Å². The number of benzene rings is 1. The molecule has 3 fully saturated rings. The summed E-state index contributed by atoms with van der Waals surface area (Å²) in [5, 5.41) is 12.7. The van der Waals surface area contributed by atoms with E-state index in [-0.39, 0.29) is 22.9 Å². The number of carbonyl (C=O) groups excluding carboxylic acids is 1. The van der Waals surface area contributed by atoms with Gasteiger partial charge in [0.25, 0.3) is 0 Å². The van der Waals surface area contributed by atoms with Crippen LogP contribution in [0, 0.1) is 28.6 Å². The van der Waals surface area contributed by atoms with Crippen molar-refractivity contribution in [2.24, 2.45) is 28.6 Å². The van der Waals surface area contributed by atoms with Gasteiger partial charge in [-0.15, -0.1) is 11.3 Å². The molecule has 3 nitrogen and oxygen atoms in total. The lowest BCUT2D eigenvalue weighted by Crippen LogP contribution is -2.56. The second kappa shape index (κ2) is 6.99. The van der Waals surface area contributed by atoms with Crippen molar-refractivity contribution in [2.75, 3.05) is 0 Å². The van der Waals surface area contributed by atoms with Crippen LogP contribution in [0.2, 0.25) is 0 Å². The number of fused-ring (bicyclic) bond motifs is 7. The fraction of sp³-hybridized carbons (Fsp3) is 0.630. The fourth-order valence-corrected chi connectivity index (χ4v) is 9.64. The van der Waals surface area contributed by atoms with E-state index in [1.807, 2.05) is 11.3 Å². The van der Waals surface area contributed by atoms with E-state index < -0.39 is 0 Å². The number of hydrogen-bond donors (Lipinski definition) is 1. The number of rotatable bonds is 2. The summed E-state index contributed by atoms with van der Waals surface area (Å²) in [6.07, 6.45) is 7.57. The second-order valence-electron chi connectivity index (χ2n) is 11.2. The van der Waals surface area contributed by atoms with Gasteiger partial charge in [-0.2, -0.15) is 0 Å². The summed E-state index contributed by atoms with van der Waals surface area (Å²) in [5.74, 6) is 2.29. The van der Waals surface area contributed by atoms with Crippen LogP contribution in [0.15, 0.2) is 30.3 Å². The molecule has 4 aliphatic carbocycles. The Bertz CT molecular complexity index is 1020. The molecule has 31 heavy (non-hydrogen) atoms. The Hall–Kier alpha value is -1.52. The summed E-state index contributed by atoms with van der Waals surface area (Å²) in [5.41, 5.74) is 2.54. The maximum absolute atomic E-state index is 12.7. The number of aliphatic hydroxyl groups excluding tert-OH is 1. The molecular formula is C27H33NO2S. The number of Topliss-reactive ketones (excluding diaryl/α,β-unsaturated/α-hetero) is 1. The first-order valence-corrected chi connectivity index (χ1v) is 13.0. The lowest BCUT2D eigenvalue weighted by molar-refractivity contribution is -0.142. The number of aromatic nitrogens is 1. The summed E-state index contributed by atoms with van der Waals surface area (Å²) < 4.78 is 0. The predicted molar refractivity (Wildman–Crippen MR) is 123 cm³/mol. The van der Waals surface area contributed by atoms with Gasteiger partial charge in [0.05, 0.1) is 16.8 Å². The molecule has 1 aromatic carbocycles. The number of carbonyl (C=O) groups is 1. The molecule has 4 aliphatic rings. The van der Waals surface area contributed by atoms with E-state index in [0.717, 1.165) is 51.4 Å². The Balaban J connectivity index is 1.33. The number of ketones is 1. The quantitative estimate of drug-likeness (QED) is 0.673. The number of aryl methyl sites for hydroxylation is 1. The van der Waals surface area contributed by atoms with E-state index in [1.165, 1.54) is 21.1 Å². The van der Waals surface area contributed by atoms with Gasteiger partial charge in [-0.05, 0) is 67.3 Å². The minimum atomic E-state index is -0.312. The summed E-state index contributed by atoms with van der Waals surface area (Å²) >= 11 is 1.85. The van der Waals surface area contributed by atoms with Crippen LogP contribution in [0.5, 0.6) is 0 Å². The molecule has 164 valence electrons. The van der Waals surface area contributed by atoms with Crippen molar-refractivity contribution in [3.05, 3.63) is 51.5 Å². The Labute approximate surface area is 189 Å². The molecule has 1 N–H and O–H groups in total. The number of hydrogen-bond acceptors (Lipinski definition) is 4. The Morgan fingerprint density at radius 3 is 2.71 bits per heavy atom. The monoisotopic (exact) mass is 435 g/mol. The molecule has 0 radical (unpaired) electrons. The topological polar surface area (TPSA) is 50.2 Å². The predicted octanol–water partition coefficient (Wildman–Crippen LogP) is 5.55. The lowest BCUT2D eigenvalue weighted by Gasteiger charge is -2.60. The van der Waals surface area contributed by atoms with E-state index in [1.54, 1.807) is 0 Å². The molecule has 4 heteroatoms. The normalized spacial score (nSPS) is 41.3. The summed E-state index contributed by atoms with van der Waals surface area (Å²) in [6.45, 7) is 4.68. The second-order valence-corrected chi connectivity index (χ2v) is 12.3. The van der Waals surface area contributed by atoms with Crippen molar-refractivity contribution in [3.8, 4) is 0 Å². The molecule has 1 aromatic heterocycles. The highest BCUT2D eigenvalue weighted by atomic mass is 32.1. The van der Waals surface area contributed by atoms with Crippen molar-refractivity contribution in [1.82, 2.24) is 4.98 Å². The fourth-order valence-electron chi connectivity index (χ4n) is 8.18. The van der Waals surface area contributed by atoms with E-state index in [0.29, 0.717) is 23.5 Å². The average molecular weight is 436 g/mol. The number of aliphatic hydroxyl groups is 1. The third-order valence-electron chi connectivity index (χ3n) is 9.76. The van der Waals surface area contributed by atoms with Gasteiger partial charge < -0.3 is 5.11 Å². The zero-order valence-corrected chi connectivity index (χ0v) is 19.5. The van der Waals surface area contributed by atoms with E-state index >= 15 is 0 Å². The highest BCUT2D eigenvalue weighted by Gasteiger charge is 2.62. The molecule has 0 amide bonds. The highest BCUT2D eigenvalue weighted by molar-refractivity contribution is 7.11. The molecule has 2 aromatic rings. The van der Waals surface area contributed by atoms with Crippen molar-refractivity contribution >= 4 is 17.1 Å². The number of thiazole rings is 1. The summed E-state index contributed by atoms with van der Waals surface area (Å²) in [7, 11) is 0. The molecule has 3 saturated carbocycles. The maximum atomic E-state index is 12.7. The molecule has 7 atom stereocenters. The van der Waals surface area contributed by atoms with Crippen LogP contribution in [0.25, 0.3) is 0 Å². The van der Waals surface area contributed by atoms with E-state index in [4.69, 9.17) is 4.98 Å². The Morgan fingerprint density at radius 1 is 1.10 bits per heavy atom. The van der Waals surface area contributed by atoms with Gasteiger partial charge in [-0.1, -0.05) is 44.2 Å². The van der Waals surface area contributed by atoms with Crippen molar-refractivity contribution in [1.29, 1.82) is 0 Å². The zero-order valence-electron chi connectivity index (χ0n) is 18.6. The molecular weight excluding hydrogens is 402 g/mol. The molecule has 6 rings (SSSR count). The number of nitrogens with zero attached hydrogens (tertiary/aromatic N) is 1. The molecule has 0 bridgehead atoms. The van der Waals surface area contributed by atoms with Crippen LogP contribution in [0.3, 0.4) is 0 Å². The standard InChI is InChI=1S/C27H33NO2S/c1-26-12-10-19-17(18(26)8-9-22(26)30)15-21(29)24-25-20(11-13-27(19,24)2)28-23(31-25)14-16-6-4-3-5-7-16/h3-7,17-19,21,24,29H,8-15H2,1-2H3/t17-,18-,19-,21-,24-,26-,27+/m0/s1. The van der Waals surface area contributed by atoms with E-state index in [9.17, 15) is 9.90 Å². The van der Waals surface area contributed by atoms with Crippen LogP contribution in [-0.4, -0.2) is 22.0 Å². The average Bonchev–Trinajstić information content (AvgIpc) is 3.28. The largest absolute Gasteiger partial charge is 0.392 e. The summed E-state index contributed by atoms with van der Waals surface area (Å²) in [6, 6.07) is 10.6. The van der Waals surface area contributed by atoms with Gasteiger partial charge in [0.15, 0.2) is 0 Å². The van der Waals surface area contributed by atoms with Gasteiger partial charge in [0.1, 0.15) is 5.78 Å². The minimum absolute atomic E-state index is 0.124. The van der Waals surface area contributed by atoms with Gasteiger partial charge in [0, 0.05) is 29.1 Å². The maximum Gasteiger partial charge on any atom is 0.139 e. The van der Waals surface area contributed by atoms with E-state index in [2.05, 4.69) is 44.2 Å². The first-order valence-electron chi connectivity index (χ1n) is 12.1. The van der Waals surface area contributed by atoms with Crippen molar-refractivity contribution < 1.29 is 9.90 Å².